The summed E-state index contributed by atoms with van der Waals surface area (Å²) in [6.45, 7) is 8.91. The summed E-state index contributed by atoms with van der Waals surface area (Å²) in [6.07, 6.45) is 0. The van der Waals surface area contributed by atoms with Gasteiger partial charge in [0, 0.05) is 10.5 Å². The molecule has 0 spiro atoms. The number of fused-ring (bicyclic) bond motifs is 1. The van der Waals surface area contributed by atoms with Crippen LogP contribution in [0.3, 0.4) is 0 Å². The normalized spacial score (nSPS) is 14.2. The number of aromatic amines is 1. The first kappa shape index (κ1) is 12.8. The van der Waals surface area contributed by atoms with E-state index in [0.717, 1.165) is 20.3 Å². The van der Waals surface area contributed by atoms with Crippen molar-refractivity contribution in [2.24, 2.45) is 5.41 Å². The van der Waals surface area contributed by atoms with Crippen LogP contribution < -0.4 is 0 Å². The number of imidazole rings is 1. The summed E-state index contributed by atoms with van der Waals surface area (Å²) >= 11 is 8.95. The first-order valence-corrected chi connectivity index (χ1v) is 6.90. The zero-order valence-electron chi connectivity index (χ0n) is 10.5. The van der Waals surface area contributed by atoms with Gasteiger partial charge in [0.15, 0.2) is 4.77 Å². The Labute approximate surface area is 115 Å². The van der Waals surface area contributed by atoms with Gasteiger partial charge in [0.2, 0.25) is 0 Å². The van der Waals surface area contributed by atoms with Crippen molar-refractivity contribution in [3.63, 3.8) is 0 Å². The summed E-state index contributed by atoms with van der Waals surface area (Å²) in [4.78, 5) is 3.26. The van der Waals surface area contributed by atoms with Crippen LogP contribution in [0.2, 0.25) is 0 Å². The number of rotatable bonds is 1. The Hall–Kier alpha value is -0.610. The van der Waals surface area contributed by atoms with Crippen molar-refractivity contribution < 1.29 is 0 Å². The molecule has 2 aromatic rings. The second-order valence-electron chi connectivity index (χ2n) is 5.50. The lowest BCUT2D eigenvalue weighted by molar-refractivity contribution is 0.265. The van der Waals surface area contributed by atoms with Crippen LogP contribution in [0.1, 0.15) is 33.7 Å². The van der Waals surface area contributed by atoms with E-state index in [0.29, 0.717) is 6.04 Å². The number of benzene rings is 1. The molecule has 17 heavy (non-hydrogen) atoms. The Kier molecular flexibility index (Phi) is 3.21. The Morgan fingerprint density at radius 3 is 2.59 bits per heavy atom. The third kappa shape index (κ3) is 2.33. The van der Waals surface area contributed by atoms with E-state index >= 15 is 0 Å². The van der Waals surface area contributed by atoms with Crippen LogP contribution in [-0.2, 0) is 0 Å². The molecule has 1 N–H and O–H groups in total. The number of nitrogens with one attached hydrogen (secondary N) is 1. The summed E-state index contributed by atoms with van der Waals surface area (Å²) in [5, 5.41) is 0. The molecule has 0 amide bonds. The third-order valence-electron chi connectivity index (χ3n) is 3.32. The highest BCUT2D eigenvalue weighted by atomic mass is 79.9. The Bertz CT molecular complexity index is 604. The first-order chi connectivity index (χ1) is 7.80. The molecule has 1 aromatic carbocycles. The van der Waals surface area contributed by atoms with Crippen LogP contribution in [0.25, 0.3) is 11.0 Å². The second kappa shape index (κ2) is 4.25. The minimum Gasteiger partial charge on any atom is -0.331 e. The van der Waals surface area contributed by atoms with Crippen molar-refractivity contribution in [2.75, 3.05) is 0 Å². The highest BCUT2D eigenvalue weighted by Gasteiger charge is 2.23. The van der Waals surface area contributed by atoms with E-state index < -0.39 is 0 Å². The molecule has 1 atom stereocenters. The van der Waals surface area contributed by atoms with Crippen molar-refractivity contribution in [1.82, 2.24) is 9.55 Å². The fraction of sp³-hybridized carbons (Fsp3) is 0.462. The quantitative estimate of drug-likeness (QED) is 0.729. The van der Waals surface area contributed by atoms with Crippen LogP contribution in [0, 0.1) is 10.2 Å². The predicted octanol–water partition coefficient (Wildman–Crippen LogP) is 5.07. The fourth-order valence-electron chi connectivity index (χ4n) is 1.87. The number of hydrogen-bond acceptors (Lipinski definition) is 1. The lowest BCUT2D eigenvalue weighted by Crippen LogP contribution is -2.21. The van der Waals surface area contributed by atoms with Crippen LogP contribution >= 0.6 is 28.1 Å². The smallest absolute Gasteiger partial charge is 0.178 e. The maximum Gasteiger partial charge on any atom is 0.178 e. The molecule has 1 heterocycles. The molecule has 1 aromatic heterocycles. The topological polar surface area (TPSA) is 20.7 Å². The number of hydrogen-bond donors (Lipinski definition) is 1. The van der Waals surface area contributed by atoms with E-state index in [1.165, 1.54) is 0 Å². The average Bonchev–Trinajstić information content (AvgIpc) is 2.51. The van der Waals surface area contributed by atoms with E-state index in [1.54, 1.807) is 0 Å². The molecule has 0 aliphatic heterocycles. The van der Waals surface area contributed by atoms with Crippen LogP contribution in [0.4, 0.5) is 0 Å². The van der Waals surface area contributed by atoms with E-state index in [9.17, 15) is 0 Å². The molecule has 1 unspecified atom stereocenters. The molecular formula is C13H17BrN2S. The Balaban J connectivity index is 2.72. The molecule has 2 nitrogen and oxygen atoms in total. The first-order valence-electron chi connectivity index (χ1n) is 5.70. The van der Waals surface area contributed by atoms with Gasteiger partial charge in [0.25, 0.3) is 0 Å². The molecule has 0 fully saturated rings. The molecule has 0 bridgehead atoms. The molecule has 92 valence electrons. The van der Waals surface area contributed by atoms with Crippen LogP contribution in [0.5, 0.6) is 0 Å². The van der Waals surface area contributed by atoms with Gasteiger partial charge in [-0.25, -0.2) is 0 Å². The zero-order valence-corrected chi connectivity index (χ0v) is 12.9. The van der Waals surface area contributed by atoms with E-state index in [-0.39, 0.29) is 5.41 Å². The van der Waals surface area contributed by atoms with E-state index in [1.807, 2.05) is 6.07 Å². The number of nitrogens with zero attached hydrogens (tertiary/aromatic N) is 1. The molecule has 0 aliphatic carbocycles. The minimum absolute atomic E-state index is 0.176. The van der Waals surface area contributed by atoms with Gasteiger partial charge >= 0.3 is 0 Å². The maximum absolute atomic E-state index is 5.43. The maximum atomic E-state index is 5.43. The highest BCUT2D eigenvalue weighted by Crippen LogP contribution is 2.33. The standard InChI is InChI=1S/C13H17BrN2S/c1-8(13(2,3)4)16-11-7-9(14)5-6-10(11)15-12(16)17/h5-8H,1-4H3,(H,15,17). The molecular weight excluding hydrogens is 296 g/mol. The lowest BCUT2D eigenvalue weighted by atomic mass is 9.88. The number of aromatic nitrogens is 2. The highest BCUT2D eigenvalue weighted by molar-refractivity contribution is 9.10. The second-order valence-corrected chi connectivity index (χ2v) is 6.81. The monoisotopic (exact) mass is 312 g/mol. The van der Waals surface area contributed by atoms with Gasteiger partial charge in [-0.05, 0) is 42.8 Å². The molecule has 0 radical (unpaired) electrons. The molecule has 0 saturated heterocycles. The molecule has 4 heteroatoms. The minimum atomic E-state index is 0.176. The Morgan fingerprint density at radius 2 is 2.00 bits per heavy atom. The van der Waals surface area contributed by atoms with Gasteiger partial charge in [-0.15, -0.1) is 0 Å². The van der Waals surface area contributed by atoms with Gasteiger partial charge in [0.1, 0.15) is 0 Å². The Morgan fingerprint density at radius 1 is 1.35 bits per heavy atom. The van der Waals surface area contributed by atoms with Crippen molar-refractivity contribution in [2.45, 2.75) is 33.7 Å². The summed E-state index contributed by atoms with van der Waals surface area (Å²) in [5.41, 5.74) is 2.43. The SMILES string of the molecule is CC(n1c(=S)[nH]c2ccc(Br)cc21)C(C)(C)C. The van der Waals surface area contributed by atoms with Gasteiger partial charge < -0.3 is 9.55 Å². The van der Waals surface area contributed by atoms with E-state index in [4.69, 9.17) is 12.2 Å². The summed E-state index contributed by atoms with van der Waals surface area (Å²) in [6, 6.07) is 6.54. The lowest BCUT2D eigenvalue weighted by Gasteiger charge is -2.29. The fourth-order valence-corrected chi connectivity index (χ4v) is 2.58. The van der Waals surface area contributed by atoms with Crippen molar-refractivity contribution in [1.29, 1.82) is 0 Å². The molecule has 0 aliphatic rings. The van der Waals surface area contributed by atoms with Crippen molar-refractivity contribution in [3.05, 3.63) is 27.4 Å². The van der Waals surface area contributed by atoms with Crippen molar-refractivity contribution in [3.8, 4) is 0 Å². The van der Waals surface area contributed by atoms with Crippen molar-refractivity contribution >= 4 is 39.2 Å². The van der Waals surface area contributed by atoms with Crippen LogP contribution in [0.15, 0.2) is 22.7 Å². The summed E-state index contributed by atoms with van der Waals surface area (Å²) in [5.74, 6) is 0. The largest absolute Gasteiger partial charge is 0.331 e. The predicted molar refractivity (Wildman–Crippen MR) is 79.0 cm³/mol. The number of halogens is 1. The third-order valence-corrected chi connectivity index (χ3v) is 4.11. The van der Waals surface area contributed by atoms with Gasteiger partial charge in [-0.3, -0.25) is 0 Å². The van der Waals surface area contributed by atoms with Gasteiger partial charge in [-0.2, -0.15) is 0 Å². The van der Waals surface area contributed by atoms with Crippen LogP contribution in [-0.4, -0.2) is 9.55 Å². The zero-order chi connectivity index (χ0) is 12.8. The number of H-pyrrole nitrogens is 1. The van der Waals surface area contributed by atoms with E-state index in [2.05, 4.69) is 65.3 Å². The molecule has 2 rings (SSSR count). The van der Waals surface area contributed by atoms with Gasteiger partial charge in [-0.1, -0.05) is 36.7 Å². The summed E-state index contributed by atoms with van der Waals surface area (Å²) in [7, 11) is 0. The average molecular weight is 313 g/mol. The molecule has 0 saturated carbocycles. The summed E-state index contributed by atoms with van der Waals surface area (Å²) < 4.78 is 4.07. The van der Waals surface area contributed by atoms with Gasteiger partial charge in [0.05, 0.1) is 11.0 Å².